The van der Waals surface area contributed by atoms with Crippen LogP contribution in [0.25, 0.3) is 0 Å². The van der Waals surface area contributed by atoms with Gasteiger partial charge >= 0.3 is 0 Å². The third kappa shape index (κ3) is 4.46. The minimum absolute atomic E-state index is 0.0944. The van der Waals surface area contributed by atoms with E-state index in [1.807, 2.05) is 32.7 Å². The lowest BCUT2D eigenvalue weighted by atomic mass is 9.92. The molecule has 0 radical (unpaired) electrons. The van der Waals surface area contributed by atoms with Crippen LogP contribution in [0.1, 0.15) is 26.5 Å². The summed E-state index contributed by atoms with van der Waals surface area (Å²) in [5.74, 6) is 0.244. The van der Waals surface area contributed by atoms with Crippen LogP contribution in [-0.2, 0) is 10.2 Å². The lowest BCUT2D eigenvalue weighted by Gasteiger charge is -2.14. The average molecular weight is 254 g/mol. The maximum absolute atomic E-state index is 11.7. The Kier molecular flexibility index (Phi) is 4.86. The van der Waals surface area contributed by atoms with Crippen molar-refractivity contribution in [3.8, 4) is 0 Å². The van der Waals surface area contributed by atoms with Crippen molar-refractivity contribution in [2.24, 2.45) is 5.73 Å². The van der Waals surface area contributed by atoms with E-state index in [1.165, 1.54) is 0 Å². The van der Waals surface area contributed by atoms with E-state index in [2.05, 4.69) is 10.5 Å². The second-order valence-electron chi connectivity index (χ2n) is 5.40. The molecule has 0 fully saturated rings. The molecule has 1 aromatic heterocycles. The first-order chi connectivity index (χ1) is 8.32. The van der Waals surface area contributed by atoms with Crippen LogP contribution in [0.5, 0.6) is 0 Å². The second kappa shape index (κ2) is 5.97. The second-order valence-corrected chi connectivity index (χ2v) is 5.40. The third-order valence-electron chi connectivity index (χ3n) is 2.47. The van der Waals surface area contributed by atoms with Gasteiger partial charge in [-0.05, 0) is 7.05 Å². The Morgan fingerprint density at radius 2 is 2.22 bits per heavy atom. The fourth-order valence-corrected chi connectivity index (χ4v) is 1.41. The number of anilines is 1. The number of likely N-dealkylation sites (N-methyl/N-ethyl adjacent to an activating group) is 1. The quantitative estimate of drug-likeness (QED) is 0.812. The predicted octanol–water partition coefficient (Wildman–Crippen LogP) is 0.801. The molecule has 0 aliphatic carbocycles. The third-order valence-corrected chi connectivity index (χ3v) is 2.47. The standard InChI is InChI=1S/C12H22N4O2/c1-12(2,3)9-7-11(18-15-9)14-10(17)8-16(4)6-5-13/h7H,5-6,8,13H2,1-4H3,(H,14,17). The Bertz CT molecular complexity index is 395. The molecule has 0 saturated carbocycles. The Labute approximate surface area is 107 Å². The van der Waals surface area contributed by atoms with Crippen molar-refractivity contribution < 1.29 is 9.32 Å². The first kappa shape index (κ1) is 14.7. The summed E-state index contributed by atoms with van der Waals surface area (Å²) >= 11 is 0. The van der Waals surface area contributed by atoms with Gasteiger partial charge in [-0.15, -0.1) is 0 Å². The highest BCUT2D eigenvalue weighted by Crippen LogP contribution is 2.23. The van der Waals surface area contributed by atoms with E-state index >= 15 is 0 Å². The summed E-state index contributed by atoms with van der Waals surface area (Å²) in [6.07, 6.45) is 0. The summed E-state index contributed by atoms with van der Waals surface area (Å²) < 4.78 is 5.08. The molecule has 0 unspecified atom stereocenters. The molecule has 1 rings (SSSR count). The molecule has 0 spiro atoms. The summed E-state index contributed by atoms with van der Waals surface area (Å²) in [6.45, 7) is 7.59. The lowest BCUT2D eigenvalue weighted by molar-refractivity contribution is -0.117. The van der Waals surface area contributed by atoms with Crippen LogP contribution in [0.15, 0.2) is 10.6 Å². The van der Waals surface area contributed by atoms with Crippen LogP contribution in [0, 0.1) is 0 Å². The lowest BCUT2D eigenvalue weighted by Crippen LogP contribution is -2.33. The number of nitrogens with two attached hydrogens (primary N) is 1. The molecule has 6 heteroatoms. The van der Waals surface area contributed by atoms with Gasteiger partial charge in [0, 0.05) is 24.6 Å². The topological polar surface area (TPSA) is 84.4 Å². The molecule has 3 N–H and O–H groups in total. The number of hydrogen-bond acceptors (Lipinski definition) is 5. The van der Waals surface area contributed by atoms with Gasteiger partial charge in [-0.2, -0.15) is 0 Å². The molecule has 0 bridgehead atoms. The molecule has 1 aromatic rings. The fraction of sp³-hybridized carbons (Fsp3) is 0.667. The summed E-state index contributed by atoms with van der Waals surface area (Å²) in [5.41, 5.74) is 6.13. The van der Waals surface area contributed by atoms with Gasteiger partial charge in [-0.1, -0.05) is 25.9 Å². The van der Waals surface area contributed by atoms with Gasteiger partial charge in [0.15, 0.2) is 0 Å². The van der Waals surface area contributed by atoms with Crippen LogP contribution in [0.4, 0.5) is 5.88 Å². The van der Waals surface area contributed by atoms with Crippen molar-refractivity contribution in [1.29, 1.82) is 0 Å². The minimum Gasteiger partial charge on any atom is -0.338 e. The van der Waals surface area contributed by atoms with Crippen LogP contribution < -0.4 is 11.1 Å². The van der Waals surface area contributed by atoms with Crippen LogP contribution in [0.2, 0.25) is 0 Å². The molecular weight excluding hydrogens is 232 g/mol. The Balaban J connectivity index is 2.52. The van der Waals surface area contributed by atoms with E-state index in [-0.39, 0.29) is 17.9 Å². The molecular formula is C12H22N4O2. The molecule has 0 aliphatic heterocycles. The van der Waals surface area contributed by atoms with Crippen LogP contribution in [0.3, 0.4) is 0 Å². The Hall–Kier alpha value is -1.40. The van der Waals surface area contributed by atoms with Crippen molar-refractivity contribution in [3.63, 3.8) is 0 Å². The molecule has 0 aromatic carbocycles. The normalized spacial score (nSPS) is 11.9. The van der Waals surface area contributed by atoms with Gasteiger partial charge < -0.3 is 10.3 Å². The molecule has 18 heavy (non-hydrogen) atoms. The highest BCUT2D eigenvalue weighted by atomic mass is 16.5. The summed E-state index contributed by atoms with van der Waals surface area (Å²) in [7, 11) is 1.84. The molecule has 102 valence electrons. The average Bonchev–Trinajstić information content (AvgIpc) is 2.65. The van der Waals surface area contributed by atoms with Gasteiger partial charge in [0.2, 0.25) is 11.8 Å². The van der Waals surface area contributed by atoms with E-state index in [1.54, 1.807) is 6.07 Å². The van der Waals surface area contributed by atoms with Gasteiger partial charge in [-0.25, -0.2) is 0 Å². The van der Waals surface area contributed by atoms with Crippen molar-refractivity contribution >= 4 is 11.8 Å². The SMILES string of the molecule is CN(CCN)CC(=O)Nc1cc(C(C)(C)C)no1. The molecule has 1 heterocycles. The largest absolute Gasteiger partial charge is 0.338 e. The van der Waals surface area contributed by atoms with Gasteiger partial charge in [0.1, 0.15) is 0 Å². The summed E-state index contributed by atoms with van der Waals surface area (Å²) in [4.78, 5) is 13.5. The monoisotopic (exact) mass is 254 g/mol. The number of amides is 1. The van der Waals surface area contributed by atoms with Crippen molar-refractivity contribution in [1.82, 2.24) is 10.1 Å². The number of carbonyl (C=O) groups is 1. The van der Waals surface area contributed by atoms with Gasteiger partial charge in [-0.3, -0.25) is 15.0 Å². The summed E-state index contributed by atoms with van der Waals surface area (Å²) in [5, 5.41) is 6.61. The van der Waals surface area contributed by atoms with E-state index in [4.69, 9.17) is 10.3 Å². The van der Waals surface area contributed by atoms with Crippen LogP contribution >= 0.6 is 0 Å². The number of hydrogen-bond donors (Lipinski definition) is 2. The summed E-state index contributed by atoms with van der Waals surface area (Å²) in [6, 6.07) is 1.75. The van der Waals surface area contributed by atoms with E-state index < -0.39 is 0 Å². The smallest absolute Gasteiger partial charge is 0.240 e. The predicted molar refractivity (Wildman–Crippen MR) is 70.4 cm³/mol. The number of nitrogens with one attached hydrogen (secondary N) is 1. The van der Waals surface area contributed by atoms with Gasteiger partial charge in [0.25, 0.3) is 0 Å². The highest BCUT2D eigenvalue weighted by molar-refractivity contribution is 5.90. The number of carbonyl (C=O) groups excluding carboxylic acids is 1. The number of nitrogens with zero attached hydrogens (tertiary/aromatic N) is 2. The maximum atomic E-state index is 11.7. The molecule has 0 aliphatic rings. The van der Waals surface area contributed by atoms with Crippen molar-refractivity contribution in [2.45, 2.75) is 26.2 Å². The van der Waals surface area contributed by atoms with E-state index in [0.29, 0.717) is 19.0 Å². The Morgan fingerprint density at radius 3 is 2.72 bits per heavy atom. The molecule has 6 nitrogen and oxygen atoms in total. The zero-order chi connectivity index (χ0) is 13.8. The zero-order valence-corrected chi connectivity index (χ0v) is 11.5. The van der Waals surface area contributed by atoms with Crippen molar-refractivity contribution in [2.75, 3.05) is 32.0 Å². The molecule has 0 atom stereocenters. The van der Waals surface area contributed by atoms with Crippen molar-refractivity contribution in [3.05, 3.63) is 11.8 Å². The number of aromatic nitrogens is 1. The first-order valence-electron chi connectivity index (χ1n) is 5.98. The highest BCUT2D eigenvalue weighted by Gasteiger charge is 2.19. The van der Waals surface area contributed by atoms with E-state index in [0.717, 1.165) is 5.69 Å². The first-order valence-corrected chi connectivity index (χ1v) is 5.98. The van der Waals surface area contributed by atoms with Gasteiger partial charge in [0.05, 0.1) is 12.2 Å². The zero-order valence-electron chi connectivity index (χ0n) is 11.5. The molecule has 0 saturated heterocycles. The Morgan fingerprint density at radius 1 is 1.56 bits per heavy atom. The number of rotatable bonds is 5. The fourth-order valence-electron chi connectivity index (χ4n) is 1.41. The van der Waals surface area contributed by atoms with E-state index in [9.17, 15) is 4.79 Å². The minimum atomic E-state index is -0.137. The maximum Gasteiger partial charge on any atom is 0.240 e. The molecule has 1 amide bonds. The van der Waals surface area contributed by atoms with Crippen LogP contribution in [-0.4, -0.2) is 42.6 Å².